The second-order valence-electron chi connectivity index (χ2n) is 6.23. The van der Waals surface area contributed by atoms with Crippen molar-refractivity contribution in [3.63, 3.8) is 0 Å². The van der Waals surface area contributed by atoms with Gasteiger partial charge < -0.3 is 15.2 Å². The normalized spacial score (nSPS) is 10.8. The minimum atomic E-state index is -0.640. The number of fused-ring (bicyclic) bond motifs is 2. The predicted molar refractivity (Wildman–Crippen MR) is 107 cm³/mol. The van der Waals surface area contributed by atoms with Crippen LogP contribution in [0, 0.1) is 10.1 Å². The average molecular weight is 389 g/mol. The Hall–Kier alpha value is -4.20. The van der Waals surface area contributed by atoms with Gasteiger partial charge in [0.2, 0.25) is 0 Å². The van der Waals surface area contributed by atoms with E-state index in [2.05, 4.69) is 4.98 Å². The number of methoxy groups -OCH3 is 1. The van der Waals surface area contributed by atoms with E-state index in [1.165, 1.54) is 13.2 Å². The van der Waals surface area contributed by atoms with E-state index in [9.17, 15) is 14.9 Å². The van der Waals surface area contributed by atoms with Gasteiger partial charge >= 0.3 is 0 Å². The van der Waals surface area contributed by atoms with E-state index < -0.39 is 10.8 Å². The highest BCUT2D eigenvalue weighted by molar-refractivity contribution is 6.01. The van der Waals surface area contributed by atoms with E-state index in [-0.39, 0.29) is 11.3 Å². The van der Waals surface area contributed by atoms with Crippen LogP contribution in [-0.4, -0.2) is 22.9 Å². The fraction of sp³-hybridized carbons (Fsp3) is 0.0476. The maximum Gasteiger partial charge on any atom is 0.277 e. The molecule has 4 rings (SSSR count). The van der Waals surface area contributed by atoms with Crippen LogP contribution in [0.5, 0.6) is 17.2 Å². The van der Waals surface area contributed by atoms with Gasteiger partial charge in [0.05, 0.1) is 28.5 Å². The molecule has 0 fully saturated rings. The Morgan fingerprint density at radius 1 is 1.00 bits per heavy atom. The van der Waals surface area contributed by atoms with Crippen LogP contribution in [0.3, 0.4) is 0 Å². The largest absolute Gasteiger partial charge is 0.496 e. The summed E-state index contributed by atoms with van der Waals surface area (Å²) in [6, 6.07) is 14.7. The van der Waals surface area contributed by atoms with Crippen molar-refractivity contribution in [2.45, 2.75) is 0 Å². The molecule has 1 amide bonds. The van der Waals surface area contributed by atoms with Crippen LogP contribution in [0.1, 0.15) is 10.4 Å². The van der Waals surface area contributed by atoms with Gasteiger partial charge in [0.1, 0.15) is 17.2 Å². The summed E-state index contributed by atoms with van der Waals surface area (Å²) in [5.41, 5.74) is 6.20. The number of nitrogens with zero attached hydrogens (tertiary/aromatic N) is 2. The maximum atomic E-state index is 11.8. The number of aromatic nitrogens is 1. The number of benzene rings is 3. The fourth-order valence-corrected chi connectivity index (χ4v) is 3.22. The summed E-state index contributed by atoms with van der Waals surface area (Å²) >= 11 is 0. The molecule has 0 saturated heterocycles. The standard InChI is InChI=1S/C21H15N3O5/c1-28-20-11-16-14(10-15(20)21(22)25)19(8-9-23-16)29-18-7-6-17(24(26)27)12-4-2-3-5-13(12)18/h2-11H,1H3,(H2,22,25). The third-order valence-corrected chi connectivity index (χ3v) is 4.57. The van der Waals surface area contributed by atoms with E-state index in [1.807, 2.05) is 0 Å². The Labute approximate surface area is 164 Å². The molecule has 0 aliphatic heterocycles. The van der Waals surface area contributed by atoms with Gasteiger partial charge in [-0.15, -0.1) is 0 Å². The number of non-ortho nitro benzene ring substituents is 1. The molecule has 0 spiro atoms. The second-order valence-corrected chi connectivity index (χ2v) is 6.23. The number of nitro benzene ring substituents is 1. The van der Waals surface area contributed by atoms with Gasteiger partial charge in [-0.3, -0.25) is 19.9 Å². The molecular formula is C21H15N3O5. The summed E-state index contributed by atoms with van der Waals surface area (Å²) in [6.07, 6.45) is 1.56. The quantitative estimate of drug-likeness (QED) is 0.404. The lowest BCUT2D eigenvalue weighted by atomic mass is 10.1. The minimum Gasteiger partial charge on any atom is -0.496 e. The zero-order valence-corrected chi connectivity index (χ0v) is 15.3. The first kappa shape index (κ1) is 18.2. The zero-order valence-electron chi connectivity index (χ0n) is 15.3. The molecule has 1 heterocycles. The highest BCUT2D eigenvalue weighted by atomic mass is 16.6. The summed E-state index contributed by atoms with van der Waals surface area (Å²) in [7, 11) is 1.44. The summed E-state index contributed by atoms with van der Waals surface area (Å²) in [5.74, 6) is 0.545. The number of rotatable bonds is 5. The molecule has 0 aliphatic rings. The molecule has 3 aromatic carbocycles. The summed E-state index contributed by atoms with van der Waals surface area (Å²) < 4.78 is 11.3. The molecule has 4 aromatic rings. The van der Waals surface area contributed by atoms with Crippen LogP contribution in [0.2, 0.25) is 0 Å². The number of carbonyl (C=O) groups is 1. The van der Waals surface area contributed by atoms with Gasteiger partial charge in [-0.25, -0.2) is 0 Å². The molecule has 144 valence electrons. The monoisotopic (exact) mass is 389 g/mol. The third kappa shape index (κ3) is 3.16. The SMILES string of the molecule is COc1cc2nccc(Oc3ccc([N+](=O)[O-])c4ccccc34)c2cc1C(N)=O. The van der Waals surface area contributed by atoms with Crippen molar-refractivity contribution in [2.24, 2.45) is 5.73 Å². The van der Waals surface area contributed by atoms with Crippen molar-refractivity contribution < 1.29 is 19.2 Å². The predicted octanol–water partition coefficient (Wildman–Crippen LogP) is 4.20. The Morgan fingerprint density at radius 3 is 2.41 bits per heavy atom. The molecule has 0 aliphatic carbocycles. The summed E-state index contributed by atoms with van der Waals surface area (Å²) in [6.45, 7) is 0. The van der Waals surface area contributed by atoms with E-state index in [1.54, 1.807) is 54.7 Å². The molecule has 8 heteroatoms. The zero-order chi connectivity index (χ0) is 20.5. The van der Waals surface area contributed by atoms with Crippen LogP contribution >= 0.6 is 0 Å². The molecule has 0 radical (unpaired) electrons. The summed E-state index contributed by atoms with van der Waals surface area (Å²) in [4.78, 5) is 27.0. The molecule has 0 saturated carbocycles. The molecule has 0 atom stereocenters. The van der Waals surface area contributed by atoms with Crippen molar-refractivity contribution in [1.82, 2.24) is 4.98 Å². The number of pyridine rings is 1. The Bertz CT molecular complexity index is 1290. The summed E-state index contributed by atoms with van der Waals surface area (Å²) in [5, 5.41) is 12.9. The Kier molecular flexibility index (Phi) is 4.44. The molecule has 29 heavy (non-hydrogen) atoms. The third-order valence-electron chi connectivity index (χ3n) is 4.57. The van der Waals surface area contributed by atoms with Gasteiger partial charge in [-0.05, 0) is 24.3 Å². The maximum absolute atomic E-state index is 11.8. The van der Waals surface area contributed by atoms with E-state index >= 15 is 0 Å². The van der Waals surface area contributed by atoms with Gasteiger partial charge in [-0.2, -0.15) is 0 Å². The van der Waals surface area contributed by atoms with Crippen LogP contribution < -0.4 is 15.2 Å². The lowest BCUT2D eigenvalue weighted by Gasteiger charge is -2.13. The van der Waals surface area contributed by atoms with Crippen molar-refractivity contribution >= 4 is 33.3 Å². The van der Waals surface area contributed by atoms with Gasteiger partial charge in [0, 0.05) is 29.1 Å². The fourth-order valence-electron chi connectivity index (χ4n) is 3.22. The number of primary amides is 1. The van der Waals surface area contributed by atoms with Gasteiger partial charge in [0.25, 0.3) is 11.6 Å². The van der Waals surface area contributed by atoms with E-state index in [4.69, 9.17) is 15.2 Å². The lowest BCUT2D eigenvalue weighted by molar-refractivity contribution is -0.383. The van der Waals surface area contributed by atoms with Crippen LogP contribution in [0.25, 0.3) is 21.7 Å². The molecule has 1 aromatic heterocycles. The van der Waals surface area contributed by atoms with Crippen LogP contribution in [0.4, 0.5) is 5.69 Å². The molecule has 0 bridgehead atoms. The second kappa shape index (κ2) is 7.08. The number of hydrogen-bond donors (Lipinski definition) is 1. The Balaban J connectivity index is 1.89. The molecule has 8 nitrogen and oxygen atoms in total. The number of nitro groups is 1. The number of ether oxygens (including phenoxy) is 2. The van der Waals surface area contributed by atoms with Crippen molar-refractivity contribution in [1.29, 1.82) is 0 Å². The first-order chi connectivity index (χ1) is 14.0. The van der Waals surface area contributed by atoms with Crippen molar-refractivity contribution in [2.75, 3.05) is 7.11 Å². The van der Waals surface area contributed by atoms with Crippen LogP contribution in [0.15, 0.2) is 60.8 Å². The highest BCUT2D eigenvalue weighted by Gasteiger charge is 2.17. The topological polar surface area (TPSA) is 118 Å². The number of nitrogens with two attached hydrogens (primary N) is 1. The smallest absolute Gasteiger partial charge is 0.277 e. The van der Waals surface area contributed by atoms with Crippen molar-refractivity contribution in [3.8, 4) is 17.2 Å². The van der Waals surface area contributed by atoms with Gasteiger partial charge in [0.15, 0.2) is 0 Å². The number of carbonyl (C=O) groups excluding carboxylic acids is 1. The molecule has 0 unspecified atom stereocenters. The number of hydrogen-bond acceptors (Lipinski definition) is 6. The number of amides is 1. The lowest BCUT2D eigenvalue weighted by Crippen LogP contribution is -2.12. The molecular weight excluding hydrogens is 374 g/mol. The average Bonchev–Trinajstić information content (AvgIpc) is 2.72. The molecule has 2 N–H and O–H groups in total. The minimum absolute atomic E-state index is 0.00622. The van der Waals surface area contributed by atoms with E-state index in [0.717, 1.165) is 0 Å². The van der Waals surface area contributed by atoms with Gasteiger partial charge in [-0.1, -0.05) is 18.2 Å². The van der Waals surface area contributed by atoms with Crippen molar-refractivity contribution in [3.05, 3.63) is 76.5 Å². The van der Waals surface area contributed by atoms with Crippen LogP contribution in [-0.2, 0) is 0 Å². The highest BCUT2D eigenvalue weighted by Crippen LogP contribution is 2.38. The first-order valence-electron chi connectivity index (χ1n) is 8.60. The Morgan fingerprint density at radius 2 is 1.72 bits per heavy atom. The van der Waals surface area contributed by atoms with E-state index in [0.29, 0.717) is 38.9 Å². The first-order valence-corrected chi connectivity index (χ1v) is 8.60.